The smallest absolute Gasteiger partial charge is 0.254 e. The maximum absolute atomic E-state index is 12.6. The second kappa shape index (κ2) is 5.71. The molecule has 1 aliphatic heterocycles. The predicted molar refractivity (Wildman–Crippen MR) is 81.1 cm³/mol. The number of hydrogen-bond donors (Lipinski definition) is 1. The van der Waals surface area contributed by atoms with Crippen molar-refractivity contribution < 1.29 is 9.53 Å². The first-order chi connectivity index (χ1) is 9.40. The summed E-state index contributed by atoms with van der Waals surface area (Å²) >= 11 is 0. The quantitative estimate of drug-likeness (QED) is 0.834. The van der Waals surface area contributed by atoms with Crippen molar-refractivity contribution in [3.63, 3.8) is 0 Å². The van der Waals surface area contributed by atoms with Crippen LogP contribution in [0.15, 0.2) is 18.2 Å². The Morgan fingerprint density at radius 3 is 2.70 bits per heavy atom. The second-order valence-corrected chi connectivity index (χ2v) is 5.62. The lowest BCUT2D eigenvalue weighted by molar-refractivity contribution is -0.0387. The molecule has 0 spiro atoms. The zero-order valence-corrected chi connectivity index (χ0v) is 12.6. The van der Waals surface area contributed by atoms with Gasteiger partial charge < -0.3 is 20.3 Å². The molecule has 1 aliphatic rings. The first-order valence-corrected chi connectivity index (χ1v) is 6.89. The largest absolute Gasteiger partial charge is 0.397 e. The summed E-state index contributed by atoms with van der Waals surface area (Å²) in [7, 11) is 3.86. The third kappa shape index (κ3) is 2.88. The Kier molecular flexibility index (Phi) is 4.18. The standard InChI is InChI=1S/C15H23N3O2/c1-10-9-20-11(2)8-18(10)15(19)12-5-6-14(17(3)4)13(16)7-12/h5-7,10-11H,8-9,16H2,1-4H3. The zero-order valence-electron chi connectivity index (χ0n) is 12.6. The Morgan fingerprint density at radius 1 is 1.40 bits per heavy atom. The number of hydrogen-bond acceptors (Lipinski definition) is 4. The van der Waals surface area contributed by atoms with Crippen molar-refractivity contribution in [2.24, 2.45) is 0 Å². The third-order valence-corrected chi connectivity index (χ3v) is 3.62. The van der Waals surface area contributed by atoms with E-state index in [9.17, 15) is 4.79 Å². The molecule has 0 bridgehead atoms. The molecule has 1 heterocycles. The number of ether oxygens (including phenoxy) is 1. The number of carbonyl (C=O) groups is 1. The van der Waals surface area contributed by atoms with Crippen molar-refractivity contribution in [2.75, 3.05) is 37.9 Å². The summed E-state index contributed by atoms with van der Waals surface area (Å²) in [4.78, 5) is 16.4. The highest BCUT2D eigenvalue weighted by atomic mass is 16.5. The first kappa shape index (κ1) is 14.7. The molecule has 5 nitrogen and oxygen atoms in total. The molecule has 0 aromatic heterocycles. The van der Waals surface area contributed by atoms with Gasteiger partial charge in [0.25, 0.3) is 5.91 Å². The molecule has 1 amide bonds. The van der Waals surface area contributed by atoms with Gasteiger partial charge in [0.05, 0.1) is 30.1 Å². The summed E-state index contributed by atoms with van der Waals surface area (Å²) in [6.45, 7) is 5.19. The van der Waals surface area contributed by atoms with Crippen LogP contribution in [-0.4, -0.2) is 50.2 Å². The molecule has 5 heteroatoms. The SMILES string of the molecule is CC1CN(C(=O)c2ccc(N(C)C)c(N)c2)C(C)CO1. The van der Waals surface area contributed by atoms with Gasteiger partial charge in [-0.3, -0.25) is 4.79 Å². The van der Waals surface area contributed by atoms with Crippen LogP contribution < -0.4 is 10.6 Å². The molecular formula is C15H23N3O2. The molecule has 1 saturated heterocycles. The van der Waals surface area contributed by atoms with Gasteiger partial charge in [0.15, 0.2) is 0 Å². The molecule has 1 aromatic carbocycles. The van der Waals surface area contributed by atoms with Crippen molar-refractivity contribution in [3.8, 4) is 0 Å². The van der Waals surface area contributed by atoms with Gasteiger partial charge in [0.2, 0.25) is 0 Å². The van der Waals surface area contributed by atoms with Gasteiger partial charge in [-0.25, -0.2) is 0 Å². The summed E-state index contributed by atoms with van der Waals surface area (Å²) in [6, 6.07) is 5.57. The lowest BCUT2D eigenvalue weighted by Gasteiger charge is -2.37. The lowest BCUT2D eigenvalue weighted by atomic mass is 10.1. The van der Waals surface area contributed by atoms with E-state index in [1.807, 2.05) is 49.9 Å². The van der Waals surface area contributed by atoms with Crippen LogP contribution >= 0.6 is 0 Å². The van der Waals surface area contributed by atoms with E-state index in [-0.39, 0.29) is 18.1 Å². The molecule has 0 aliphatic carbocycles. The van der Waals surface area contributed by atoms with Crippen LogP contribution in [0.5, 0.6) is 0 Å². The van der Waals surface area contributed by atoms with Gasteiger partial charge >= 0.3 is 0 Å². The molecule has 110 valence electrons. The Bertz CT molecular complexity index is 502. The molecule has 20 heavy (non-hydrogen) atoms. The maximum Gasteiger partial charge on any atom is 0.254 e. The van der Waals surface area contributed by atoms with Crippen molar-refractivity contribution in [1.29, 1.82) is 0 Å². The molecule has 0 radical (unpaired) electrons. The fourth-order valence-corrected chi connectivity index (χ4v) is 2.45. The van der Waals surface area contributed by atoms with Gasteiger partial charge in [-0.2, -0.15) is 0 Å². The van der Waals surface area contributed by atoms with E-state index >= 15 is 0 Å². The molecule has 1 aromatic rings. The monoisotopic (exact) mass is 277 g/mol. The normalized spacial score (nSPS) is 22.7. The van der Waals surface area contributed by atoms with E-state index in [0.717, 1.165) is 5.69 Å². The number of nitrogen functional groups attached to an aromatic ring is 1. The van der Waals surface area contributed by atoms with Crippen LogP contribution in [0.1, 0.15) is 24.2 Å². The van der Waals surface area contributed by atoms with E-state index in [2.05, 4.69) is 0 Å². The molecular weight excluding hydrogens is 254 g/mol. The summed E-state index contributed by atoms with van der Waals surface area (Å²) in [5.41, 5.74) is 8.19. The Balaban J connectivity index is 2.22. The minimum absolute atomic E-state index is 0.0182. The summed E-state index contributed by atoms with van der Waals surface area (Å²) in [5.74, 6) is 0.0182. The molecule has 0 saturated carbocycles. The number of carbonyl (C=O) groups excluding carboxylic acids is 1. The predicted octanol–water partition coefficient (Wildman–Crippen LogP) is 1.58. The van der Waals surface area contributed by atoms with Crippen molar-refractivity contribution >= 4 is 17.3 Å². The number of rotatable bonds is 2. The zero-order chi connectivity index (χ0) is 14.9. The van der Waals surface area contributed by atoms with Crippen LogP contribution in [0, 0.1) is 0 Å². The van der Waals surface area contributed by atoms with Gasteiger partial charge in [0, 0.05) is 26.2 Å². The lowest BCUT2D eigenvalue weighted by Crippen LogP contribution is -2.50. The first-order valence-electron chi connectivity index (χ1n) is 6.89. The van der Waals surface area contributed by atoms with Crippen LogP contribution in [0.2, 0.25) is 0 Å². The van der Waals surface area contributed by atoms with Crippen molar-refractivity contribution in [3.05, 3.63) is 23.8 Å². The summed E-state index contributed by atoms with van der Waals surface area (Å²) in [6.07, 6.45) is 0.0774. The molecule has 2 unspecified atom stereocenters. The summed E-state index contributed by atoms with van der Waals surface area (Å²) < 4.78 is 5.56. The minimum atomic E-state index is 0.0182. The Labute approximate surface area is 120 Å². The second-order valence-electron chi connectivity index (χ2n) is 5.62. The van der Waals surface area contributed by atoms with Gasteiger partial charge in [-0.1, -0.05) is 0 Å². The Hall–Kier alpha value is -1.75. The maximum atomic E-state index is 12.6. The van der Waals surface area contributed by atoms with Gasteiger partial charge in [0.1, 0.15) is 0 Å². The summed E-state index contributed by atoms with van der Waals surface area (Å²) in [5, 5.41) is 0. The number of benzene rings is 1. The average Bonchev–Trinajstić information content (AvgIpc) is 2.40. The average molecular weight is 277 g/mol. The van der Waals surface area contributed by atoms with Crippen LogP contribution in [0.25, 0.3) is 0 Å². The van der Waals surface area contributed by atoms with E-state index < -0.39 is 0 Å². The third-order valence-electron chi connectivity index (χ3n) is 3.62. The van der Waals surface area contributed by atoms with Gasteiger partial charge in [-0.15, -0.1) is 0 Å². The van der Waals surface area contributed by atoms with Crippen LogP contribution in [0.3, 0.4) is 0 Å². The van der Waals surface area contributed by atoms with E-state index in [1.54, 1.807) is 6.07 Å². The number of nitrogens with zero attached hydrogens (tertiary/aromatic N) is 2. The fourth-order valence-electron chi connectivity index (χ4n) is 2.45. The van der Waals surface area contributed by atoms with E-state index in [1.165, 1.54) is 0 Å². The molecule has 1 fully saturated rings. The molecule has 2 rings (SSSR count). The molecule has 2 atom stereocenters. The highest BCUT2D eigenvalue weighted by Crippen LogP contribution is 2.24. The Morgan fingerprint density at radius 2 is 2.10 bits per heavy atom. The van der Waals surface area contributed by atoms with Crippen molar-refractivity contribution in [1.82, 2.24) is 4.90 Å². The topological polar surface area (TPSA) is 58.8 Å². The minimum Gasteiger partial charge on any atom is -0.397 e. The van der Waals surface area contributed by atoms with Gasteiger partial charge in [-0.05, 0) is 32.0 Å². The van der Waals surface area contributed by atoms with Crippen molar-refractivity contribution in [2.45, 2.75) is 26.0 Å². The highest BCUT2D eigenvalue weighted by Gasteiger charge is 2.28. The fraction of sp³-hybridized carbons (Fsp3) is 0.533. The van der Waals surface area contributed by atoms with Crippen LogP contribution in [0.4, 0.5) is 11.4 Å². The number of amides is 1. The highest BCUT2D eigenvalue weighted by molar-refractivity contribution is 5.96. The van der Waals surface area contributed by atoms with E-state index in [4.69, 9.17) is 10.5 Å². The number of anilines is 2. The molecule has 2 N–H and O–H groups in total. The number of nitrogens with two attached hydrogens (primary N) is 1. The van der Waals surface area contributed by atoms with E-state index in [0.29, 0.717) is 24.4 Å². The van der Waals surface area contributed by atoms with Crippen LogP contribution in [-0.2, 0) is 4.74 Å². The number of morpholine rings is 1.